The molecule has 110 valence electrons. The Morgan fingerprint density at radius 1 is 1.19 bits per heavy atom. The monoisotopic (exact) mass is 302 g/mol. The number of hydrogen-bond donors (Lipinski definition) is 0. The van der Waals surface area contributed by atoms with Gasteiger partial charge in [-0.05, 0) is 42.9 Å². The number of hydrogen-bond acceptors (Lipinski definition) is 3. The van der Waals surface area contributed by atoms with Crippen LogP contribution in [0.4, 0.5) is 0 Å². The first kappa shape index (κ1) is 14.3. The molecule has 2 aromatic rings. The summed E-state index contributed by atoms with van der Waals surface area (Å²) in [6, 6.07) is 7.94. The number of rotatable bonds is 4. The largest absolute Gasteiger partial charge is 0.439 e. The number of nitrogens with zero attached hydrogens (tertiary/aromatic N) is 2. The second-order valence-corrected chi connectivity index (χ2v) is 6.35. The zero-order valence-electron chi connectivity index (χ0n) is 12.6. The van der Waals surface area contributed by atoms with Gasteiger partial charge in [0.2, 0.25) is 5.88 Å². The van der Waals surface area contributed by atoms with E-state index in [0.717, 1.165) is 30.0 Å². The van der Waals surface area contributed by atoms with Crippen molar-refractivity contribution in [2.75, 3.05) is 0 Å². The number of aryl methyl sites for hydroxylation is 1. The van der Waals surface area contributed by atoms with Gasteiger partial charge in [0, 0.05) is 12.0 Å². The molecule has 1 fully saturated rings. The van der Waals surface area contributed by atoms with Crippen LogP contribution in [0.2, 0.25) is 5.15 Å². The molecule has 1 heterocycles. The van der Waals surface area contributed by atoms with Crippen molar-refractivity contribution in [2.45, 2.75) is 45.4 Å². The van der Waals surface area contributed by atoms with E-state index in [9.17, 15) is 0 Å². The van der Waals surface area contributed by atoms with Crippen molar-refractivity contribution in [3.05, 3.63) is 46.4 Å². The van der Waals surface area contributed by atoms with Crippen molar-refractivity contribution < 1.29 is 4.74 Å². The minimum absolute atomic E-state index is 0.390. The first-order chi connectivity index (χ1) is 10.0. The van der Waals surface area contributed by atoms with Gasteiger partial charge in [-0.1, -0.05) is 37.6 Å². The summed E-state index contributed by atoms with van der Waals surface area (Å²) in [4.78, 5) is 8.79. The average molecular weight is 303 g/mol. The maximum absolute atomic E-state index is 6.09. The molecular formula is C17H19ClN2O. The number of ether oxygens (including phenoxy) is 1. The van der Waals surface area contributed by atoms with Crippen LogP contribution >= 0.6 is 11.6 Å². The summed E-state index contributed by atoms with van der Waals surface area (Å²) in [6.07, 6.45) is 2.28. The smallest absolute Gasteiger partial charge is 0.224 e. The van der Waals surface area contributed by atoms with Crippen LogP contribution in [0.25, 0.3) is 0 Å². The predicted octanol–water partition coefficient (Wildman–Crippen LogP) is 5.23. The molecule has 3 rings (SSSR count). The zero-order valence-corrected chi connectivity index (χ0v) is 13.3. The molecule has 0 radical (unpaired) electrons. The van der Waals surface area contributed by atoms with Crippen LogP contribution in [0.3, 0.4) is 0 Å². The summed E-state index contributed by atoms with van der Waals surface area (Å²) in [5, 5.41) is 0.445. The van der Waals surface area contributed by atoms with Crippen LogP contribution in [0.15, 0.2) is 24.3 Å². The number of halogens is 1. The highest BCUT2D eigenvalue weighted by atomic mass is 35.5. The molecule has 1 aliphatic rings. The Balaban J connectivity index is 1.94. The van der Waals surface area contributed by atoms with Crippen LogP contribution in [0, 0.1) is 6.92 Å². The van der Waals surface area contributed by atoms with Gasteiger partial charge in [-0.15, -0.1) is 0 Å². The third-order valence-corrected chi connectivity index (χ3v) is 3.83. The lowest BCUT2D eigenvalue weighted by molar-refractivity contribution is 0.450. The molecule has 0 amide bonds. The van der Waals surface area contributed by atoms with Crippen LogP contribution < -0.4 is 4.74 Å². The molecule has 0 unspecified atom stereocenters. The van der Waals surface area contributed by atoms with Gasteiger partial charge < -0.3 is 4.74 Å². The van der Waals surface area contributed by atoms with E-state index >= 15 is 0 Å². The Kier molecular flexibility index (Phi) is 3.85. The minimum atomic E-state index is 0.390. The van der Waals surface area contributed by atoms with E-state index in [1.54, 1.807) is 6.07 Å². The van der Waals surface area contributed by atoms with Gasteiger partial charge in [0.05, 0.1) is 0 Å². The Bertz CT molecular complexity index is 666. The van der Waals surface area contributed by atoms with Crippen molar-refractivity contribution in [3.63, 3.8) is 0 Å². The third kappa shape index (κ3) is 3.35. The van der Waals surface area contributed by atoms with Gasteiger partial charge >= 0.3 is 0 Å². The number of aromatic nitrogens is 2. The molecule has 1 aromatic heterocycles. The Morgan fingerprint density at radius 3 is 2.62 bits per heavy atom. The minimum Gasteiger partial charge on any atom is -0.439 e. The Morgan fingerprint density at radius 2 is 1.95 bits per heavy atom. The van der Waals surface area contributed by atoms with Crippen LogP contribution in [-0.4, -0.2) is 9.97 Å². The lowest BCUT2D eigenvalue weighted by Crippen LogP contribution is -1.99. The lowest BCUT2D eigenvalue weighted by Gasteiger charge is -2.14. The average Bonchev–Trinajstić information content (AvgIpc) is 3.21. The summed E-state index contributed by atoms with van der Waals surface area (Å²) in [5.74, 6) is 3.02. The van der Waals surface area contributed by atoms with Crippen molar-refractivity contribution in [2.24, 2.45) is 0 Å². The van der Waals surface area contributed by atoms with E-state index in [-0.39, 0.29) is 0 Å². The fourth-order valence-electron chi connectivity index (χ4n) is 2.31. The normalized spacial score (nSPS) is 14.5. The van der Waals surface area contributed by atoms with E-state index in [2.05, 4.69) is 42.9 Å². The molecule has 0 saturated heterocycles. The molecule has 0 aliphatic heterocycles. The van der Waals surface area contributed by atoms with E-state index in [0.29, 0.717) is 22.9 Å². The Labute approximate surface area is 130 Å². The zero-order chi connectivity index (χ0) is 15.0. The molecule has 1 aliphatic carbocycles. The first-order valence-electron chi connectivity index (χ1n) is 7.36. The summed E-state index contributed by atoms with van der Waals surface area (Å²) >= 11 is 6.09. The lowest BCUT2D eigenvalue weighted by atomic mass is 10.0. The van der Waals surface area contributed by atoms with Gasteiger partial charge in [-0.3, -0.25) is 0 Å². The highest BCUT2D eigenvalue weighted by Gasteiger charge is 2.27. The molecule has 0 bridgehead atoms. The topological polar surface area (TPSA) is 35.0 Å². The van der Waals surface area contributed by atoms with Crippen molar-refractivity contribution in [3.8, 4) is 11.6 Å². The second-order valence-electron chi connectivity index (χ2n) is 5.96. The number of benzene rings is 1. The first-order valence-corrected chi connectivity index (χ1v) is 7.73. The molecule has 1 saturated carbocycles. The molecule has 21 heavy (non-hydrogen) atoms. The maximum atomic E-state index is 6.09. The van der Waals surface area contributed by atoms with Crippen molar-refractivity contribution in [1.82, 2.24) is 9.97 Å². The maximum Gasteiger partial charge on any atom is 0.224 e. The quantitative estimate of drug-likeness (QED) is 0.725. The fraction of sp³-hybridized carbons (Fsp3) is 0.412. The SMILES string of the molecule is Cc1ccc(C(C)C)c(Oc2cc(Cl)nc(C3CC3)n2)c1. The van der Waals surface area contributed by atoms with E-state index < -0.39 is 0 Å². The van der Waals surface area contributed by atoms with Crippen molar-refractivity contribution in [1.29, 1.82) is 0 Å². The molecule has 1 aromatic carbocycles. The molecule has 0 atom stereocenters. The molecular weight excluding hydrogens is 284 g/mol. The summed E-state index contributed by atoms with van der Waals surface area (Å²) in [6.45, 7) is 6.36. The van der Waals surface area contributed by atoms with Gasteiger partial charge in [0.15, 0.2) is 0 Å². The van der Waals surface area contributed by atoms with Gasteiger partial charge in [-0.25, -0.2) is 4.98 Å². The van der Waals surface area contributed by atoms with E-state index in [1.165, 1.54) is 5.56 Å². The highest BCUT2D eigenvalue weighted by Crippen LogP contribution is 2.39. The molecule has 4 heteroatoms. The highest BCUT2D eigenvalue weighted by molar-refractivity contribution is 6.29. The summed E-state index contributed by atoms with van der Waals surface area (Å²) in [7, 11) is 0. The second kappa shape index (κ2) is 5.64. The molecule has 3 nitrogen and oxygen atoms in total. The van der Waals surface area contributed by atoms with Gasteiger partial charge in [-0.2, -0.15) is 4.98 Å². The summed E-state index contributed by atoms with van der Waals surface area (Å²) < 4.78 is 6.02. The van der Waals surface area contributed by atoms with Crippen LogP contribution in [-0.2, 0) is 0 Å². The van der Waals surface area contributed by atoms with Crippen LogP contribution in [0.5, 0.6) is 11.6 Å². The third-order valence-electron chi connectivity index (χ3n) is 3.64. The summed E-state index contributed by atoms with van der Waals surface area (Å²) in [5.41, 5.74) is 2.33. The molecule has 0 spiro atoms. The standard InChI is InChI=1S/C17H19ClN2O/c1-10(2)13-7-4-11(3)8-14(13)21-16-9-15(18)19-17(20-16)12-5-6-12/h4,7-10,12H,5-6H2,1-3H3. The van der Waals surface area contributed by atoms with Gasteiger partial charge in [0.1, 0.15) is 16.7 Å². The fourth-order valence-corrected chi connectivity index (χ4v) is 2.49. The van der Waals surface area contributed by atoms with E-state index in [4.69, 9.17) is 16.3 Å². The van der Waals surface area contributed by atoms with Crippen molar-refractivity contribution >= 4 is 11.6 Å². The van der Waals surface area contributed by atoms with E-state index in [1.807, 2.05) is 6.07 Å². The Hall–Kier alpha value is -1.61. The molecule has 0 N–H and O–H groups in total. The predicted molar refractivity (Wildman–Crippen MR) is 84.4 cm³/mol. The van der Waals surface area contributed by atoms with Gasteiger partial charge in [0.25, 0.3) is 0 Å². The van der Waals surface area contributed by atoms with Crippen LogP contribution in [0.1, 0.15) is 55.5 Å².